The van der Waals surface area contributed by atoms with Crippen molar-refractivity contribution in [2.45, 2.75) is 38.7 Å². The first-order valence-electron chi connectivity index (χ1n) is 5.82. The molecule has 2 aromatic heterocycles. The minimum atomic E-state index is -0.356. The Morgan fingerprint density at radius 1 is 1.44 bits per heavy atom. The number of hydrogen-bond donors (Lipinski definition) is 1. The summed E-state index contributed by atoms with van der Waals surface area (Å²) < 4.78 is 1.16. The van der Waals surface area contributed by atoms with Crippen molar-refractivity contribution in [1.82, 2.24) is 4.98 Å². The maximum absolute atomic E-state index is 10.0. The zero-order chi connectivity index (χ0) is 11.4. The second-order valence-electron chi connectivity index (χ2n) is 4.08. The van der Waals surface area contributed by atoms with Crippen molar-refractivity contribution in [2.24, 2.45) is 0 Å². The van der Waals surface area contributed by atoms with Gasteiger partial charge in [0.15, 0.2) is 0 Å². The Morgan fingerprint density at radius 3 is 3.12 bits per heavy atom. The highest BCUT2D eigenvalue weighted by Crippen LogP contribution is 2.25. The molecule has 1 atom stereocenters. The molecular weight excluding hydrogens is 218 g/mol. The molecule has 0 aliphatic rings. The van der Waals surface area contributed by atoms with Crippen LogP contribution in [0, 0.1) is 0 Å². The minimum Gasteiger partial charge on any atom is -0.388 e. The second kappa shape index (κ2) is 5.41. The fraction of sp³-hybridized carbons (Fsp3) is 0.462. The van der Waals surface area contributed by atoms with Crippen LogP contribution in [-0.2, 0) is 0 Å². The molecule has 2 rings (SSSR count). The van der Waals surface area contributed by atoms with Crippen molar-refractivity contribution in [1.29, 1.82) is 0 Å². The number of aromatic nitrogens is 1. The van der Waals surface area contributed by atoms with Crippen LogP contribution < -0.4 is 0 Å². The normalized spacial score (nSPS) is 13.1. The summed E-state index contributed by atoms with van der Waals surface area (Å²) in [7, 11) is 0. The Morgan fingerprint density at radius 2 is 2.31 bits per heavy atom. The van der Waals surface area contributed by atoms with Crippen LogP contribution in [0.3, 0.4) is 0 Å². The number of aliphatic hydroxyl groups is 1. The van der Waals surface area contributed by atoms with Gasteiger partial charge in [0.25, 0.3) is 0 Å². The third kappa shape index (κ3) is 2.60. The number of nitrogens with zero attached hydrogens (tertiary/aromatic N) is 1. The van der Waals surface area contributed by atoms with Crippen LogP contribution in [0.5, 0.6) is 0 Å². The summed E-state index contributed by atoms with van der Waals surface area (Å²) in [5.41, 5.74) is 1.97. The number of unbranched alkanes of at least 4 members (excludes halogenated alkanes) is 2. The van der Waals surface area contributed by atoms with E-state index < -0.39 is 0 Å². The van der Waals surface area contributed by atoms with Crippen LogP contribution in [0.2, 0.25) is 0 Å². The van der Waals surface area contributed by atoms with Crippen molar-refractivity contribution in [3.63, 3.8) is 0 Å². The topological polar surface area (TPSA) is 33.1 Å². The zero-order valence-corrected chi connectivity index (χ0v) is 10.3. The van der Waals surface area contributed by atoms with Gasteiger partial charge in [-0.15, -0.1) is 11.3 Å². The number of pyridine rings is 1. The Balaban J connectivity index is 2.07. The summed E-state index contributed by atoms with van der Waals surface area (Å²) in [5, 5.41) is 12.0. The van der Waals surface area contributed by atoms with Crippen LogP contribution in [0.25, 0.3) is 10.2 Å². The number of rotatable bonds is 5. The molecule has 1 unspecified atom stereocenters. The monoisotopic (exact) mass is 235 g/mol. The lowest BCUT2D eigenvalue weighted by atomic mass is 10.0. The van der Waals surface area contributed by atoms with Gasteiger partial charge < -0.3 is 5.11 Å². The third-order valence-electron chi connectivity index (χ3n) is 2.79. The molecule has 0 saturated carbocycles. The smallest absolute Gasteiger partial charge is 0.0809 e. The molecule has 0 fully saturated rings. The molecule has 0 aliphatic heterocycles. The predicted molar refractivity (Wildman–Crippen MR) is 68.7 cm³/mol. The van der Waals surface area contributed by atoms with E-state index >= 15 is 0 Å². The van der Waals surface area contributed by atoms with Crippen molar-refractivity contribution in [3.05, 3.63) is 29.3 Å². The van der Waals surface area contributed by atoms with Crippen molar-refractivity contribution in [3.8, 4) is 0 Å². The molecule has 0 saturated heterocycles. The van der Waals surface area contributed by atoms with E-state index in [-0.39, 0.29) is 6.10 Å². The van der Waals surface area contributed by atoms with E-state index in [9.17, 15) is 5.11 Å². The van der Waals surface area contributed by atoms with Gasteiger partial charge in [0.05, 0.1) is 16.3 Å². The Labute approximate surface area is 100.0 Å². The maximum atomic E-state index is 10.0. The van der Waals surface area contributed by atoms with Crippen molar-refractivity contribution < 1.29 is 5.11 Å². The van der Waals surface area contributed by atoms with Gasteiger partial charge in [0, 0.05) is 11.8 Å². The third-order valence-corrected chi connectivity index (χ3v) is 3.64. The Hall–Kier alpha value is -0.930. The van der Waals surface area contributed by atoms with Crippen LogP contribution in [-0.4, -0.2) is 10.1 Å². The van der Waals surface area contributed by atoms with E-state index in [1.54, 1.807) is 17.5 Å². The van der Waals surface area contributed by atoms with Crippen LogP contribution in [0.15, 0.2) is 23.7 Å². The Kier molecular flexibility index (Phi) is 3.91. The molecule has 0 aromatic carbocycles. The quantitative estimate of drug-likeness (QED) is 0.797. The van der Waals surface area contributed by atoms with Gasteiger partial charge in [-0.3, -0.25) is 4.98 Å². The average molecular weight is 235 g/mol. The largest absolute Gasteiger partial charge is 0.388 e. The molecule has 0 amide bonds. The summed E-state index contributed by atoms with van der Waals surface area (Å²) in [6.07, 6.45) is 5.74. The summed E-state index contributed by atoms with van der Waals surface area (Å²) in [6, 6.07) is 4.07. The zero-order valence-electron chi connectivity index (χ0n) is 9.52. The lowest BCUT2D eigenvalue weighted by molar-refractivity contribution is 0.163. The van der Waals surface area contributed by atoms with Crippen LogP contribution in [0.1, 0.15) is 44.3 Å². The number of hydrogen-bond acceptors (Lipinski definition) is 3. The molecule has 16 heavy (non-hydrogen) atoms. The lowest BCUT2D eigenvalue weighted by Gasteiger charge is -2.09. The number of aliphatic hydroxyl groups excluding tert-OH is 1. The standard InChI is InChI=1S/C13H17NOS/c1-2-3-4-5-12(15)10-8-13-11(14-9-10)6-7-16-13/h6-9,12,15H,2-5H2,1H3. The molecular formula is C13H17NOS. The van der Waals surface area contributed by atoms with E-state index in [0.29, 0.717) is 0 Å². The molecule has 86 valence electrons. The van der Waals surface area contributed by atoms with Crippen molar-refractivity contribution in [2.75, 3.05) is 0 Å². The maximum Gasteiger partial charge on any atom is 0.0809 e. The molecule has 0 aliphatic carbocycles. The van der Waals surface area contributed by atoms with Gasteiger partial charge in [-0.1, -0.05) is 26.2 Å². The number of thiophene rings is 1. The first kappa shape index (κ1) is 11.6. The van der Waals surface area contributed by atoms with Crippen molar-refractivity contribution >= 4 is 21.6 Å². The van der Waals surface area contributed by atoms with Crippen LogP contribution in [0.4, 0.5) is 0 Å². The van der Waals surface area contributed by atoms with Gasteiger partial charge in [-0.2, -0.15) is 0 Å². The molecule has 2 aromatic rings. The predicted octanol–water partition coefficient (Wildman–Crippen LogP) is 3.91. The van der Waals surface area contributed by atoms with Gasteiger partial charge in [-0.05, 0) is 23.9 Å². The highest BCUT2D eigenvalue weighted by atomic mass is 32.1. The first-order chi connectivity index (χ1) is 7.81. The summed E-state index contributed by atoms with van der Waals surface area (Å²) >= 11 is 1.67. The number of fused-ring (bicyclic) bond motifs is 1. The summed E-state index contributed by atoms with van der Waals surface area (Å²) in [4.78, 5) is 4.34. The van der Waals surface area contributed by atoms with Gasteiger partial charge in [-0.25, -0.2) is 0 Å². The van der Waals surface area contributed by atoms with Gasteiger partial charge in [0.2, 0.25) is 0 Å². The minimum absolute atomic E-state index is 0.356. The SMILES string of the molecule is CCCCCC(O)c1cnc2ccsc2c1. The molecule has 2 nitrogen and oxygen atoms in total. The molecule has 3 heteroatoms. The second-order valence-corrected chi connectivity index (χ2v) is 5.03. The van der Waals surface area contributed by atoms with Gasteiger partial charge >= 0.3 is 0 Å². The highest BCUT2D eigenvalue weighted by molar-refractivity contribution is 7.17. The van der Waals surface area contributed by atoms with E-state index in [2.05, 4.69) is 18.0 Å². The molecule has 0 spiro atoms. The fourth-order valence-electron chi connectivity index (χ4n) is 1.80. The molecule has 0 bridgehead atoms. The first-order valence-corrected chi connectivity index (χ1v) is 6.70. The molecule has 0 radical (unpaired) electrons. The van der Waals surface area contributed by atoms with E-state index in [1.807, 2.05) is 11.4 Å². The highest BCUT2D eigenvalue weighted by Gasteiger charge is 2.08. The fourth-order valence-corrected chi connectivity index (χ4v) is 2.59. The summed E-state index contributed by atoms with van der Waals surface area (Å²) in [6.45, 7) is 2.17. The average Bonchev–Trinajstić information content (AvgIpc) is 2.76. The lowest BCUT2D eigenvalue weighted by Crippen LogP contribution is -1.97. The van der Waals surface area contributed by atoms with Gasteiger partial charge in [0.1, 0.15) is 0 Å². The summed E-state index contributed by atoms with van der Waals surface area (Å²) in [5.74, 6) is 0. The van der Waals surface area contributed by atoms with E-state index in [4.69, 9.17) is 0 Å². The van der Waals surface area contributed by atoms with E-state index in [0.717, 1.165) is 28.6 Å². The van der Waals surface area contributed by atoms with Crippen LogP contribution >= 0.6 is 11.3 Å². The van der Waals surface area contributed by atoms with E-state index in [1.165, 1.54) is 12.8 Å². The molecule has 1 N–H and O–H groups in total. The Bertz CT molecular complexity index is 452. The molecule has 2 heterocycles.